The number of nitrogens with zero attached hydrogens (tertiary/aromatic N) is 1. The van der Waals surface area contributed by atoms with E-state index < -0.39 is 0 Å². The number of aryl methyl sites for hydroxylation is 1. The lowest BCUT2D eigenvalue weighted by atomic mass is 10.2. The highest BCUT2D eigenvalue weighted by molar-refractivity contribution is 7.19. The van der Waals surface area contributed by atoms with Crippen LogP contribution in [0.15, 0.2) is 66.7 Å². The fourth-order valence-electron chi connectivity index (χ4n) is 3.40. The van der Waals surface area contributed by atoms with Crippen molar-refractivity contribution in [1.29, 1.82) is 0 Å². The molecule has 2 aromatic carbocycles. The number of carbonyl (C=O) groups excluding carboxylic acids is 1. The van der Waals surface area contributed by atoms with Crippen LogP contribution in [0.4, 0.5) is 0 Å². The lowest BCUT2D eigenvalue weighted by molar-refractivity contribution is 0.0942. The van der Waals surface area contributed by atoms with Crippen LogP contribution < -0.4 is 10.1 Å². The molecule has 0 saturated heterocycles. The third-order valence-electron chi connectivity index (χ3n) is 4.76. The van der Waals surface area contributed by atoms with E-state index in [1.807, 2.05) is 60.7 Å². The van der Waals surface area contributed by atoms with Gasteiger partial charge in [0.05, 0.1) is 23.9 Å². The van der Waals surface area contributed by atoms with Crippen molar-refractivity contribution in [3.63, 3.8) is 0 Å². The van der Waals surface area contributed by atoms with Gasteiger partial charge in [0, 0.05) is 17.0 Å². The molecule has 0 aliphatic rings. The molecule has 0 bridgehead atoms. The molecule has 1 amide bonds. The van der Waals surface area contributed by atoms with Crippen LogP contribution in [0.5, 0.6) is 5.75 Å². The maximum absolute atomic E-state index is 13.0. The fraction of sp³-hybridized carbons (Fsp3) is 0.174. The molecule has 0 unspecified atom stereocenters. The smallest absolute Gasteiger partial charge is 0.268 e. The summed E-state index contributed by atoms with van der Waals surface area (Å²) in [5.74, 6) is 0.756. The maximum Gasteiger partial charge on any atom is 0.268 e. The number of para-hydroxylation sites is 1. The van der Waals surface area contributed by atoms with Crippen molar-refractivity contribution in [2.75, 3.05) is 7.11 Å². The Morgan fingerprint density at radius 1 is 1.07 bits per heavy atom. The second-order valence-corrected chi connectivity index (χ2v) is 7.99. The molecule has 1 N–H and O–H groups in total. The van der Waals surface area contributed by atoms with E-state index in [-0.39, 0.29) is 5.91 Å². The summed E-state index contributed by atoms with van der Waals surface area (Å²) >= 11 is 1.71. The van der Waals surface area contributed by atoms with Crippen LogP contribution in [0.2, 0.25) is 0 Å². The van der Waals surface area contributed by atoms with Crippen molar-refractivity contribution in [2.24, 2.45) is 0 Å². The first-order valence-electron chi connectivity index (χ1n) is 9.19. The molecular formula is C23H22N2O2S. The highest BCUT2D eigenvalue weighted by atomic mass is 32.1. The van der Waals surface area contributed by atoms with Crippen LogP contribution in [0.1, 0.15) is 26.5 Å². The number of fused-ring (bicyclic) bond motifs is 1. The Morgan fingerprint density at radius 3 is 2.61 bits per heavy atom. The highest BCUT2D eigenvalue weighted by Gasteiger charge is 2.18. The Morgan fingerprint density at radius 2 is 1.82 bits per heavy atom. The van der Waals surface area contributed by atoms with Gasteiger partial charge >= 0.3 is 0 Å². The zero-order chi connectivity index (χ0) is 19.5. The van der Waals surface area contributed by atoms with Crippen LogP contribution in [0.25, 0.3) is 10.2 Å². The molecule has 0 aliphatic carbocycles. The van der Waals surface area contributed by atoms with Gasteiger partial charge in [-0.25, -0.2) is 0 Å². The zero-order valence-corrected chi connectivity index (χ0v) is 16.8. The van der Waals surface area contributed by atoms with Gasteiger partial charge in [-0.1, -0.05) is 48.5 Å². The first-order chi connectivity index (χ1) is 13.7. The average molecular weight is 391 g/mol. The number of hydrogen-bond donors (Lipinski definition) is 1. The first kappa shape index (κ1) is 18.3. The van der Waals surface area contributed by atoms with Crippen molar-refractivity contribution in [1.82, 2.24) is 9.88 Å². The number of thiophene rings is 1. The number of carbonyl (C=O) groups is 1. The average Bonchev–Trinajstić information content (AvgIpc) is 3.24. The Hall–Kier alpha value is -3.05. The summed E-state index contributed by atoms with van der Waals surface area (Å²) in [7, 11) is 1.67. The number of benzene rings is 2. The monoisotopic (exact) mass is 390 g/mol. The molecule has 2 aromatic heterocycles. The Balaban J connectivity index is 1.67. The second kappa shape index (κ2) is 7.90. The van der Waals surface area contributed by atoms with Gasteiger partial charge in [0.2, 0.25) is 0 Å². The van der Waals surface area contributed by atoms with Gasteiger partial charge in [-0.2, -0.15) is 0 Å². The third kappa shape index (κ3) is 3.66. The molecule has 2 heterocycles. The van der Waals surface area contributed by atoms with Crippen LogP contribution in [-0.2, 0) is 13.1 Å². The number of ether oxygens (including phenoxy) is 1. The molecule has 0 radical (unpaired) electrons. The van der Waals surface area contributed by atoms with Crippen molar-refractivity contribution in [3.8, 4) is 5.75 Å². The molecule has 0 atom stereocenters. The number of aromatic nitrogens is 1. The topological polar surface area (TPSA) is 43.3 Å². The van der Waals surface area contributed by atoms with Gasteiger partial charge in [0.25, 0.3) is 5.91 Å². The molecule has 0 spiro atoms. The molecule has 4 rings (SSSR count). The molecule has 4 nitrogen and oxygen atoms in total. The fourth-order valence-corrected chi connectivity index (χ4v) is 4.36. The minimum Gasteiger partial charge on any atom is -0.496 e. The summed E-state index contributed by atoms with van der Waals surface area (Å²) in [5.41, 5.74) is 3.88. The Bertz CT molecular complexity index is 1110. The van der Waals surface area contributed by atoms with E-state index in [0.717, 1.165) is 27.1 Å². The number of amides is 1. The molecule has 0 aliphatic heterocycles. The number of hydrogen-bond acceptors (Lipinski definition) is 3. The minimum atomic E-state index is -0.0696. The molecule has 5 heteroatoms. The summed E-state index contributed by atoms with van der Waals surface area (Å²) < 4.78 is 8.71. The van der Waals surface area contributed by atoms with Gasteiger partial charge in [-0.3, -0.25) is 4.79 Å². The summed E-state index contributed by atoms with van der Waals surface area (Å²) in [6.07, 6.45) is 0. The van der Waals surface area contributed by atoms with E-state index >= 15 is 0 Å². The number of rotatable bonds is 6. The van der Waals surface area contributed by atoms with Crippen molar-refractivity contribution in [3.05, 3.63) is 88.4 Å². The van der Waals surface area contributed by atoms with Gasteiger partial charge in [-0.05, 0) is 30.7 Å². The molecule has 28 heavy (non-hydrogen) atoms. The zero-order valence-electron chi connectivity index (χ0n) is 15.9. The maximum atomic E-state index is 13.0. The predicted octanol–water partition coefficient (Wildman–Crippen LogP) is 5.00. The van der Waals surface area contributed by atoms with Crippen LogP contribution >= 0.6 is 11.3 Å². The summed E-state index contributed by atoms with van der Waals surface area (Å²) in [6, 6.07) is 22.0. The minimum absolute atomic E-state index is 0.0696. The SMILES string of the molecule is COc1ccccc1Cn1c(C(=O)NCc2ccccc2)cc2sc(C)cc21. The van der Waals surface area contributed by atoms with Crippen molar-refractivity contribution < 1.29 is 9.53 Å². The van der Waals surface area contributed by atoms with Gasteiger partial charge in [0.1, 0.15) is 11.4 Å². The standard InChI is InChI=1S/C23H22N2O2S/c1-16-12-19-22(28-16)13-20(23(26)24-14-17-8-4-3-5-9-17)25(19)15-18-10-6-7-11-21(18)27-2/h3-13H,14-15H2,1-2H3,(H,24,26). The van der Waals surface area contributed by atoms with E-state index in [1.54, 1.807) is 18.4 Å². The van der Waals surface area contributed by atoms with E-state index in [2.05, 4.69) is 22.9 Å². The van der Waals surface area contributed by atoms with E-state index in [0.29, 0.717) is 18.8 Å². The number of nitrogens with one attached hydrogen (secondary N) is 1. The predicted molar refractivity (Wildman–Crippen MR) is 114 cm³/mol. The van der Waals surface area contributed by atoms with Crippen LogP contribution in [0, 0.1) is 6.92 Å². The van der Waals surface area contributed by atoms with E-state index in [1.165, 1.54) is 4.88 Å². The van der Waals surface area contributed by atoms with Crippen LogP contribution in [0.3, 0.4) is 0 Å². The number of methoxy groups -OCH3 is 1. The van der Waals surface area contributed by atoms with Gasteiger partial charge in [-0.15, -0.1) is 11.3 Å². The Labute approximate surface area is 168 Å². The third-order valence-corrected chi connectivity index (χ3v) is 5.75. The molecule has 4 aromatic rings. The summed E-state index contributed by atoms with van der Waals surface area (Å²) in [6.45, 7) is 3.18. The van der Waals surface area contributed by atoms with Gasteiger partial charge < -0.3 is 14.6 Å². The molecule has 0 saturated carbocycles. The molecular weight excluding hydrogens is 368 g/mol. The first-order valence-corrected chi connectivity index (χ1v) is 10.0. The van der Waals surface area contributed by atoms with E-state index in [9.17, 15) is 4.79 Å². The van der Waals surface area contributed by atoms with E-state index in [4.69, 9.17) is 4.74 Å². The molecule has 0 fully saturated rings. The Kier molecular flexibility index (Phi) is 5.17. The largest absolute Gasteiger partial charge is 0.496 e. The van der Waals surface area contributed by atoms with Gasteiger partial charge in [0.15, 0.2) is 0 Å². The second-order valence-electron chi connectivity index (χ2n) is 6.70. The van der Waals surface area contributed by atoms with Crippen molar-refractivity contribution >= 4 is 27.5 Å². The quantitative estimate of drug-likeness (QED) is 0.504. The lowest BCUT2D eigenvalue weighted by Crippen LogP contribution is -2.25. The normalized spacial score (nSPS) is 10.9. The van der Waals surface area contributed by atoms with Crippen molar-refractivity contribution in [2.45, 2.75) is 20.0 Å². The van der Waals surface area contributed by atoms with Crippen LogP contribution in [-0.4, -0.2) is 17.6 Å². The highest BCUT2D eigenvalue weighted by Crippen LogP contribution is 2.30. The molecule has 142 valence electrons. The lowest BCUT2D eigenvalue weighted by Gasteiger charge is -2.13. The summed E-state index contributed by atoms with van der Waals surface area (Å²) in [4.78, 5) is 14.2. The summed E-state index contributed by atoms with van der Waals surface area (Å²) in [5, 5.41) is 3.05.